The Hall–Kier alpha value is -1.76. The maximum atomic E-state index is 11.8. The van der Waals surface area contributed by atoms with E-state index in [0.29, 0.717) is 24.7 Å². The maximum absolute atomic E-state index is 11.8. The van der Waals surface area contributed by atoms with Gasteiger partial charge in [-0.25, -0.2) is 0 Å². The van der Waals surface area contributed by atoms with Gasteiger partial charge in [-0.15, -0.1) is 0 Å². The van der Waals surface area contributed by atoms with Gasteiger partial charge in [0.15, 0.2) is 5.82 Å². The predicted molar refractivity (Wildman–Crippen MR) is 70.9 cm³/mol. The van der Waals surface area contributed by atoms with E-state index in [2.05, 4.69) is 20.6 Å². The van der Waals surface area contributed by atoms with E-state index in [0.717, 1.165) is 0 Å². The number of nitrogens with zero attached hydrogens (tertiary/aromatic N) is 1. The van der Waals surface area contributed by atoms with Gasteiger partial charge in [0.2, 0.25) is 5.95 Å². The lowest BCUT2D eigenvalue weighted by Crippen LogP contribution is -2.55. The van der Waals surface area contributed by atoms with E-state index in [1.807, 2.05) is 20.8 Å². The number of H-pyrrole nitrogens is 1. The highest BCUT2D eigenvalue weighted by molar-refractivity contribution is 5.69. The van der Waals surface area contributed by atoms with Crippen molar-refractivity contribution >= 4 is 17.5 Å². The Balaban J connectivity index is 2.34. The van der Waals surface area contributed by atoms with Crippen LogP contribution in [-0.4, -0.2) is 34.8 Å². The third-order valence-corrected chi connectivity index (χ3v) is 3.06. The molecule has 0 aromatic carbocycles. The summed E-state index contributed by atoms with van der Waals surface area (Å²) in [6.07, 6.45) is 0. The van der Waals surface area contributed by atoms with Gasteiger partial charge in [0.05, 0.1) is 18.2 Å². The summed E-state index contributed by atoms with van der Waals surface area (Å²) in [5.74, 6) is 0.584. The second-order valence-corrected chi connectivity index (χ2v) is 4.88. The fraction of sp³-hybridized carbons (Fsp3) is 0.636. The summed E-state index contributed by atoms with van der Waals surface area (Å²) in [4.78, 5) is 18.4. The summed E-state index contributed by atoms with van der Waals surface area (Å²) in [7, 11) is 0. The number of nitrogens with one attached hydrogen (secondary N) is 3. The second-order valence-electron chi connectivity index (χ2n) is 4.88. The Kier molecular flexibility index (Phi) is 3.16. The van der Waals surface area contributed by atoms with E-state index in [-0.39, 0.29) is 23.1 Å². The molecule has 7 heteroatoms. The van der Waals surface area contributed by atoms with Gasteiger partial charge in [0, 0.05) is 6.61 Å². The molecule has 0 aliphatic carbocycles. The zero-order chi connectivity index (χ0) is 13.3. The van der Waals surface area contributed by atoms with Gasteiger partial charge in [-0.3, -0.25) is 9.78 Å². The van der Waals surface area contributed by atoms with E-state index in [1.165, 1.54) is 0 Å². The minimum atomic E-state index is -0.282. The Morgan fingerprint density at radius 3 is 2.89 bits per heavy atom. The van der Waals surface area contributed by atoms with Crippen LogP contribution >= 0.6 is 0 Å². The first-order valence-electron chi connectivity index (χ1n) is 5.96. The summed E-state index contributed by atoms with van der Waals surface area (Å²) in [6.45, 7) is 7.13. The van der Waals surface area contributed by atoms with Crippen molar-refractivity contribution in [3.63, 3.8) is 0 Å². The van der Waals surface area contributed by atoms with Crippen LogP contribution in [0.3, 0.4) is 0 Å². The molecule has 5 N–H and O–H groups in total. The molecule has 0 radical (unpaired) electrons. The van der Waals surface area contributed by atoms with Gasteiger partial charge in [0.1, 0.15) is 5.69 Å². The Morgan fingerprint density at radius 1 is 1.50 bits per heavy atom. The summed E-state index contributed by atoms with van der Waals surface area (Å²) in [5, 5.41) is 6.39. The van der Waals surface area contributed by atoms with E-state index in [9.17, 15) is 4.79 Å². The van der Waals surface area contributed by atoms with Crippen LogP contribution in [0.5, 0.6) is 0 Å². The highest BCUT2D eigenvalue weighted by Gasteiger charge is 2.36. The number of nitrogens with two attached hydrogens (primary N) is 1. The molecule has 1 atom stereocenters. The van der Waals surface area contributed by atoms with Crippen LogP contribution in [0.4, 0.5) is 17.5 Å². The minimum absolute atomic E-state index is 0.0172. The van der Waals surface area contributed by atoms with E-state index in [1.54, 1.807) is 0 Å². The fourth-order valence-corrected chi connectivity index (χ4v) is 1.95. The topological polar surface area (TPSA) is 105 Å². The second kappa shape index (κ2) is 4.49. The van der Waals surface area contributed by atoms with Gasteiger partial charge in [-0.1, -0.05) is 0 Å². The Bertz CT molecular complexity index is 497. The molecular weight excluding hydrogens is 234 g/mol. The molecule has 1 aromatic heterocycles. The molecule has 2 rings (SSSR count). The molecular formula is C11H19N5O2. The lowest BCUT2D eigenvalue weighted by molar-refractivity contribution is 0.123. The number of ether oxygens (including phenoxy) is 1. The predicted octanol–water partition coefficient (Wildman–Crippen LogP) is 0.373. The number of hydrogen-bond acceptors (Lipinski definition) is 6. The quantitative estimate of drug-likeness (QED) is 0.620. The molecule has 0 spiro atoms. The molecule has 18 heavy (non-hydrogen) atoms. The normalized spacial score (nSPS) is 20.7. The van der Waals surface area contributed by atoms with Crippen LogP contribution in [0.25, 0.3) is 0 Å². The van der Waals surface area contributed by atoms with E-state index >= 15 is 0 Å². The minimum Gasteiger partial charge on any atom is -0.380 e. The SMILES string of the molecule is CCOCC1Nc2c(nc(N)[nH]c2=O)NC1(C)C. The largest absolute Gasteiger partial charge is 0.380 e. The van der Waals surface area contributed by atoms with Gasteiger partial charge in [0.25, 0.3) is 5.56 Å². The number of nitrogen functional groups attached to an aromatic ring is 1. The molecule has 1 aliphatic rings. The first kappa shape index (κ1) is 12.7. The number of anilines is 3. The number of rotatable bonds is 3. The van der Waals surface area contributed by atoms with Crippen LogP contribution in [0.15, 0.2) is 4.79 Å². The standard InChI is InChI=1S/C11H19N5O2/c1-4-18-5-6-11(2,3)16-8-7(13-6)9(17)15-10(12)14-8/h6,13H,4-5H2,1-3H3,(H4,12,14,15,16,17). The highest BCUT2D eigenvalue weighted by Crippen LogP contribution is 2.29. The zero-order valence-corrected chi connectivity index (χ0v) is 10.8. The molecule has 0 bridgehead atoms. The number of fused-ring (bicyclic) bond motifs is 1. The number of hydrogen-bond donors (Lipinski definition) is 4. The number of aromatic nitrogens is 2. The summed E-state index contributed by atoms with van der Waals surface area (Å²) >= 11 is 0. The lowest BCUT2D eigenvalue weighted by atomic mass is 9.92. The van der Waals surface area contributed by atoms with Crippen molar-refractivity contribution in [3.05, 3.63) is 10.4 Å². The highest BCUT2D eigenvalue weighted by atomic mass is 16.5. The average molecular weight is 253 g/mol. The molecule has 0 saturated heterocycles. The first-order chi connectivity index (χ1) is 8.44. The van der Waals surface area contributed by atoms with Crippen molar-refractivity contribution in [2.75, 3.05) is 29.6 Å². The van der Waals surface area contributed by atoms with E-state index in [4.69, 9.17) is 10.5 Å². The monoisotopic (exact) mass is 253 g/mol. The molecule has 7 nitrogen and oxygen atoms in total. The van der Waals surface area contributed by atoms with Crippen molar-refractivity contribution in [2.45, 2.75) is 32.4 Å². The maximum Gasteiger partial charge on any atom is 0.277 e. The van der Waals surface area contributed by atoms with Crippen LogP contribution in [0, 0.1) is 0 Å². The molecule has 0 fully saturated rings. The summed E-state index contributed by atoms with van der Waals surface area (Å²) < 4.78 is 5.43. The molecule has 1 aromatic rings. The summed E-state index contributed by atoms with van der Waals surface area (Å²) in [5.41, 5.74) is 5.38. The smallest absolute Gasteiger partial charge is 0.277 e. The van der Waals surface area contributed by atoms with Gasteiger partial charge >= 0.3 is 0 Å². The van der Waals surface area contributed by atoms with E-state index < -0.39 is 0 Å². The average Bonchev–Trinajstić information content (AvgIpc) is 2.25. The molecule has 0 amide bonds. The first-order valence-corrected chi connectivity index (χ1v) is 5.96. The zero-order valence-electron chi connectivity index (χ0n) is 10.8. The number of aromatic amines is 1. The van der Waals surface area contributed by atoms with Crippen molar-refractivity contribution in [3.8, 4) is 0 Å². The third kappa shape index (κ3) is 2.26. The van der Waals surface area contributed by atoms with Crippen LogP contribution < -0.4 is 21.9 Å². The fourth-order valence-electron chi connectivity index (χ4n) is 1.95. The van der Waals surface area contributed by atoms with Gasteiger partial charge in [-0.05, 0) is 20.8 Å². The Labute approximate surface area is 105 Å². The van der Waals surface area contributed by atoms with Gasteiger partial charge in [-0.2, -0.15) is 4.98 Å². The van der Waals surface area contributed by atoms with Crippen molar-refractivity contribution in [2.24, 2.45) is 0 Å². The van der Waals surface area contributed by atoms with Gasteiger partial charge < -0.3 is 21.1 Å². The Morgan fingerprint density at radius 2 is 2.22 bits per heavy atom. The third-order valence-electron chi connectivity index (χ3n) is 3.06. The van der Waals surface area contributed by atoms with Crippen molar-refractivity contribution < 1.29 is 4.74 Å². The van der Waals surface area contributed by atoms with Crippen LogP contribution in [-0.2, 0) is 4.74 Å². The molecule has 1 aliphatic heterocycles. The van der Waals surface area contributed by atoms with Crippen molar-refractivity contribution in [1.29, 1.82) is 0 Å². The molecule has 0 saturated carbocycles. The van der Waals surface area contributed by atoms with Crippen LogP contribution in [0.1, 0.15) is 20.8 Å². The molecule has 100 valence electrons. The molecule has 2 heterocycles. The molecule has 1 unspecified atom stereocenters. The van der Waals surface area contributed by atoms with Crippen molar-refractivity contribution in [1.82, 2.24) is 9.97 Å². The lowest BCUT2D eigenvalue weighted by Gasteiger charge is -2.40. The van der Waals surface area contributed by atoms with Crippen LogP contribution in [0.2, 0.25) is 0 Å². The summed E-state index contributed by atoms with van der Waals surface area (Å²) in [6, 6.07) is -0.0172.